The van der Waals surface area contributed by atoms with Gasteiger partial charge in [0, 0.05) is 6.04 Å². The number of benzene rings is 1. The number of rotatable bonds is 6. The molecule has 0 spiro atoms. The highest BCUT2D eigenvalue weighted by atomic mass is 16.5. The molecule has 21 heavy (non-hydrogen) atoms. The average Bonchev–Trinajstić information content (AvgIpc) is 2.46. The minimum absolute atomic E-state index is 0.0168. The number of nitrogens with one attached hydrogen (secondary N) is 1. The Labute approximate surface area is 126 Å². The molecule has 2 rings (SSSR count). The summed E-state index contributed by atoms with van der Waals surface area (Å²) >= 11 is 0. The lowest BCUT2D eigenvalue weighted by Gasteiger charge is -2.22. The van der Waals surface area contributed by atoms with Gasteiger partial charge in [0.1, 0.15) is 5.75 Å². The number of hydrogen-bond donors (Lipinski definition) is 2. The molecule has 1 aliphatic carbocycles. The Morgan fingerprint density at radius 2 is 2.33 bits per heavy atom. The van der Waals surface area contributed by atoms with Gasteiger partial charge in [-0.15, -0.1) is 0 Å². The summed E-state index contributed by atoms with van der Waals surface area (Å²) in [7, 11) is 0. The van der Waals surface area contributed by atoms with Gasteiger partial charge in [0.2, 0.25) is 0 Å². The maximum atomic E-state index is 11.8. The van der Waals surface area contributed by atoms with Crippen molar-refractivity contribution in [2.45, 2.75) is 58.1 Å². The molecule has 4 heteroatoms. The number of aryl methyl sites for hydroxylation is 1. The summed E-state index contributed by atoms with van der Waals surface area (Å²) in [6.07, 6.45) is 4.43. The Balaban J connectivity index is 1.89. The highest BCUT2D eigenvalue weighted by Crippen LogP contribution is 2.32. The number of carbonyl (C=O) groups is 1. The van der Waals surface area contributed by atoms with Gasteiger partial charge in [0.05, 0.1) is 6.10 Å². The van der Waals surface area contributed by atoms with Crippen LogP contribution in [-0.4, -0.2) is 23.7 Å². The summed E-state index contributed by atoms with van der Waals surface area (Å²) < 4.78 is 5.54. The first kappa shape index (κ1) is 15.8. The van der Waals surface area contributed by atoms with Crippen molar-refractivity contribution >= 4 is 5.91 Å². The van der Waals surface area contributed by atoms with Crippen LogP contribution < -0.4 is 10.1 Å². The number of aliphatic hydroxyl groups excluding tert-OH is 1. The van der Waals surface area contributed by atoms with Crippen LogP contribution in [0.5, 0.6) is 5.75 Å². The largest absolute Gasteiger partial charge is 0.484 e. The van der Waals surface area contributed by atoms with E-state index < -0.39 is 6.10 Å². The van der Waals surface area contributed by atoms with Crippen molar-refractivity contribution in [2.24, 2.45) is 0 Å². The summed E-state index contributed by atoms with van der Waals surface area (Å²) in [5.41, 5.74) is 2.13. The molecule has 0 saturated carbocycles. The number of hydrogen-bond acceptors (Lipinski definition) is 3. The van der Waals surface area contributed by atoms with Gasteiger partial charge in [-0.05, 0) is 55.9 Å². The normalized spacial score (nSPS) is 18.7. The van der Waals surface area contributed by atoms with Gasteiger partial charge >= 0.3 is 0 Å². The summed E-state index contributed by atoms with van der Waals surface area (Å²) in [6, 6.07) is 5.91. The van der Waals surface area contributed by atoms with Crippen LogP contribution in [0.2, 0.25) is 0 Å². The molecule has 0 saturated heterocycles. The van der Waals surface area contributed by atoms with Crippen LogP contribution in [0.25, 0.3) is 0 Å². The lowest BCUT2D eigenvalue weighted by molar-refractivity contribution is -0.123. The quantitative estimate of drug-likeness (QED) is 0.847. The number of carbonyl (C=O) groups excluding carboxylic acids is 1. The summed E-state index contributed by atoms with van der Waals surface area (Å²) in [5.74, 6) is 0.544. The van der Waals surface area contributed by atoms with E-state index in [-0.39, 0.29) is 18.6 Å². The van der Waals surface area contributed by atoms with Crippen LogP contribution in [0.3, 0.4) is 0 Å². The molecule has 2 atom stereocenters. The number of ether oxygens (including phenoxy) is 1. The van der Waals surface area contributed by atoms with Crippen LogP contribution in [0.15, 0.2) is 18.2 Å². The fraction of sp³-hybridized carbons (Fsp3) is 0.588. The molecule has 2 unspecified atom stereocenters. The zero-order valence-corrected chi connectivity index (χ0v) is 12.9. The summed E-state index contributed by atoms with van der Waals surface area (Å²) in [4.78, 5) is 11.8. The third-order valence-corrected chi connectivity index (χ3v) is 3.90. The number of amides is 1. The minimum atomic E-state index is -0.407. The predicted octanol–water partition coefficient (Wildman–Crippen LogP) is 2.74. The van der Waals surface area contributed by atoms with Crippen molar-refractivity contribution in [1.29, 1.82) is 0 Å². The predicted molar refractivity (Wildman–Crippen MR) is 82.3 cm³/mol. The minimum Gasteiger partial charge on any atom is -0.484 e. The Bertz CT molecular complexity index is 487. The van der Waals surface area contributed by atoms with Gasteiger partial charge in [-0.2, -0.15) is 0 Å². The zero-order chi connectivity index (χ0) is 15.2. The smallest absolute Gasteiger partial charge is 0.258 e. The highest BCUT2D eigenvalue weighted by molar-refractivity contribution is 5.77. The summed E-state index contributed by atoms with van der Waals surface area (Å²) in [6.45, 7) is 4.11. The first-order chi connectivity index (χ1) is 10.1. The summed E-state index contributed by atoms with van der Waals surface area (Å²) in [5, 5.41) is 12.9. The van der Waals surface area contributed by atoms with Gasteiger partial charge in [0.15, 0.2) is 6.61 Å². The second-order valence-corrected chi connectivity index (χ2v) is 5.81. The fourth-order valence-corrected chi connectivity index (χ4v) is 2.81. The number of aliphatic hydroxyl groups is 1. The topological polar surface area (TPSA) is 58.6 Å². The van der Waals surface area contributed by atoms with E-state index in [2.05, 4.69) is 12.2 Å². The average molecular weight is 291 g/mol. The Kier molecular flexibility index (Phi) is 5.62. The second-order valence-electron chi connectivity index (χ2n) is 5.81. The lowest BCUT2D eigenvalue weighted by Crippen LogP contribution is -2.35. The van der Waals surface area contributed by atoms with E-state index in [4.69, 9.17) is 4.74 Å². The van der Waals surface area contributed by atoms with Gasteiger partial charge < -0.3 is 15.2 Å². The van der Waals surface area contributed by atoms with Crippen LogP contribution in [0.1, 0.15) is 56.8 Å². The zero-order valence-electron chi connectivity index (χ0n) is 12.9. The molecule has 1 aromatic carbocycles. The second kappa shape index (κ2) is 7.46. The maximum absolute atomic E-state index is 11.8. The molecular formula is C17H25NO3. The molecule has 0 aliphatic heterocycles. The van der Waals surface area contributed by atoms with E-state index in [1.165, 1.54) is 5.56 Å². The molecule has 1 aromatic rings. The fourth-order valence-electron chi connectivity index (χ4n) is 2.81. The van der Waals surface area contributed by atoms with E-state index in [0.717, 1.165) is 37.7 Å². The van der Waals surface area contributed by atoms with Gasteiger partial charge in [-0.25, -0.2) is 0 Å². The van der Waals surface area contributed by atoms with Crippen molar-refractivity contribution in [3.63, 3.8) is 0 Å². The molecule has 1 aliphatic rings. The van der Waals surface area contributed by atoms with Crippen molar-refractivity contribution in [3.8, 4) is 5.75 Å². The van der Waals surface area contributed by atoms with E-state index in [0.29, 0.717) is 5.75 Å². The van der Waals surface area contributed by atoms with Gasteiger partial charge in [-0.3, -0.25) is 4.79 Å². The van der Waals surface area contributed by atoms with E-state index >= 15 is 0 Å². The van der Waals surface area contributed by atoms with Crippen molar-refractivity contribution in [1.82, 2.24) is 5.32 Å². The van der Waals surface area contributed by atoms with Crippen LogP contribution in [0.4, 0.5) is 0 Å². The molecule has 0 fully saturated rings. The molecule has 1 amide bonds. The molecule has 0 aromatic heterocycles. The Morgan fingerprint density at radius 1 is 1.52 bits per heavy atom. The Hall–Kier alpha value is -1.55. The molecule has 0 heterocycles. The molecular weight excluding hydrogens is 266 g/mol. The van der Waals surface area contributed by atoms with Crippen LogP contribution in [0, 0.1) is 0 Å². The molecule has 116 valence electrons. The monoisotopic (exact) mass is 291 g/mol. The standard InChI is InChI=1S/C17H25NO3/c1-3-5-12(2)18-17(20)11-21-14-9-8-13-6-4-7-16(19)15(13)10-14/h8-10,12,16,19H,3-7,11H2,1-2H3,(H,18,20). The first-order valence-electron chi connectivity index (χ1n) is 7.83. The number of fused-ring (bicyclic) bond motifs is 1. The molecule has 2 N–H and O–H groups in total. The third kappa shape index (κ3) is 4.46. The Morgan fingerprint density at radius 3 is 3.10 bits per heavy atom. The van der Waals surface area contributed by atoms with E-state index in [1.54, 1.807) is 0 Å². The third-order valence-electron chi connectivity index (χ3n) is 3.90. The van der Waals surface area contributed by atoms with E-state index in [9.17, 15) is 9.90 Å². The van der Waals surface area contributed by atoms with Crippen LogP contribution >= 0.6 is 0 Å². The van der Waals surface area contributed by atoms with Crippen molar-refractivity contribution < 1.29 is 14.6 Å². The van der Waals surface area contributed by atoms with Crippen molar-refractivity contribution in [3.05, 3.63) is 29.3 Å². The molecule has 4 nitrogen and oxygen atoms in total. The van der Waals surface area contributed by atoms with Crippen molar-refractivity contribution in [2.75, 3.05) is 6.61 Å². The molecule has 0 bridgehead atoms. The molecule has 0 radical (unpaired) electrons. The van der Waals surface area contributed by atoms with Gasteiger partial charge in [0.25, 0.3) is 5.91 Å². The van der Waals surface area contributed by atoms with Crippen LogP contribution in [-0.2, 0) is 11.2 Å². The van der Waals surface area contributed by atoms with Gasteiger partial charge in [-0.1, -0.05) is 19.4 Å². The van der Waals surface area contributed by atoms with E-state index in [1.807, 2.05) is 25.1 Å². The SMILES string of the molecule is CCCC(C)NC(=O)COc1ccc2c(c1)C(O)CCC2. The lowest BCUT2D eigenvalue weighted by atomic mass is 9.89. The maximum Gasteiger partial charge on any atom is 0.258 e. The first-order valence-corrected chi connectivity index (χ1v) is 7.83. The highest BCUT2D eigenvalue weighted by Gasteiger charge is 2.18.